The number of carbonyl (C=O) groups is 1. The van der Waals surface area contributed by atoms with Gasteiger partial charge in [-0.15, -0.1) is 0 Å². The molecule has 1 amide bonds. The summed E-state index contributed by atoms with van der Waals surface area (Å²) in [7, 11) is 0. The van der Waals surface area contributed by atoms with Gasteiger partial charge in [-0.1, -0.05) is 36.2 Å². The fourth-order valence-corrected chi connectivity index (χ4v) is 4.55. The van der Waals surface area contributed by atoms with Gasteiger partial charge in [-0.05, 0) is 38.2 Å². The van der Waals surface area contributed by atoms with Gasteiger partial charge in [0.05, 0.1) is 5.60 Å². The SMILES string of the molecule is Cc1ccc(C2(O)C[C@@H]3CC[C@@H](C2)N3C(=O)C2CCC2)cc1. The Morgan fingerprint density at radius 2 is 1.68 bits per heavy atom. The summed E-state index contributed by atoms with van der Waals surface area (Å²) in [5.74, 6) is 0.637. The fourth-order valence-electron chi connectivity index (χ4n) is 4.55. The molecule has 3 fully saturated rings. The van der Waals surface area contributed by atoms with Crippen LogP contribution in [0.2, 0.25) is 0 Å². The zero-order valence-electron chi connectivity index (χ0n) is 13.3. The summed E-state index contributed by atoms with van der Waals surface area (Å²) in [6, 6.07) is 8.72. The van der Waals surface area contributed by atoms with Gasteiger partial charge in [0.2, 0.25) is 5.91 Å². The van der Waals surface area contributed by atoms with Gasteiger partial charge in [-0.3, -0.25) is 4.79 Å². The summed E-state index contributed by atoms with van der Waals surface area (Å²) < 4.78 is 0. The number of fused-ring (bicyclic) bond motifs is 2. The van der Waals surface area contributed by atoms with Crippen LogP contribution in [0, 0.1) is 12.8 Å². The molecular weight excluding hydrogens is 274 g/mol. The first-order chi connectivity index (χ1) is 10.6. The molecule has 2 aliphatic heterocycles. The number of nitrogens with zero attached hydrogens (tertiary/aromatic N) is 1. The quantitative estimate of drug-likeness (QED) is 0.911. The summed E-state index contributed by atoms with van der Waals surface area (Å²) in [6.07, 6.45) is 6.84. The van der Waals surface area contributed by atoms with Crippen molar-refractivity contribution in [3.8, 4) is 0 Å². The van der Waals surface area contributed by atoms with E-state index < -0.39 is 5.60 Å². The van der Waals surface area contributed by atoms with Crippen molar-refractivity contribution in [2.24, 2.45) is 5.92 Å². The highest BCUT2D eigenvalue weighted by Crippen LogP contribution is 2.47. The number of amides is 1. The Morgan fingerprint density at radius 1 is 1.09 bits per heavy atom. The van der Waals surface area contributed by atoms with Crippen LogP contribution in [-0.2, 0) is 10.4 Å². The second-order valence-corrected chi connectivity index (χ2v) is 7.56. The molecule has 4 rings (SSSR count). The van der Waals surface area contributed by atoms with Gasteiger partial charge in [0.15, 0.2) is 0 Å². The number of hydrogen-bond donors (Lipinski definition) is 1. The predicted octanol–water partition coefficient (Wildman–Crippen LogP) is 3.14. The standard InChI is InChI=1S/C19H25NO2/c1-13-5-7-15(8-6-13)19(22)11-16-9-10-17(12-19)20(16)18(21)14-3-2-4-14/h5-8,14,16-17,22H,2-4,9-12H2,1H3/t16-,17-/m0/s1. The van der Waals surface area contributed by atoms with E-state index in [0.717, 1.165) is 31.2 Å². The second kappa shape index (κ2) is 5.09. The monoisotopic (exact) mass is 299 g/mol. The third kappa shape index (κ3) is 2.18. The highest BCUT2D eigenvalue weighted by molar-refractivity contribution is 5.80. The molecule has 0 radical (unpaired) electrons. The number of carbonyl (C=O) groups excluding carboxylic acids is 1. The average molecular weight is 299 g/mol. The van der Waals surface area contributed by atoms with Crippen molar-refractivity contribution in [3.63, 3.8) is 0 Å². The molecule has 1 N–H and O–H groups in total. The maximum absolute atomic E-state index is 12.7. The second-order valence-electron chi connectivity index (χ2n) is 7.56. The molecule has 2 atom stereocenters. The highest BCUT2D eigenvalue weighted by Gasteiger charge is 2.51. The summed E-state index contributed by atoms with van der Waals surface area (Å²) in [5, 5.41) is 11.2. The molecule has 3 heteroatoms. The van der Waals surface area contributed by atoms with Gasteiger partial charge in [-0.25, -0.2) is 0 Å². The van der Waals surface area contributed by atoms with Crippen molar-refractivity contribution in [3.05, 3.63) is 35.4 Å². The molecular formula is C19H25NO2. The van der Waals surface area contributed by atoms with E-state index in [1.54, 1.807) is 0 Å². The third-order valence-electron chi connectivity index (χ3n) is 6.06. The van der Waals surface area contributed by atoms with Gasteiger partial charge >= 0.3 is 0 Å². The molecule has 3 nitrogen and oxygen atoms in total. The minimum absolute atomic E-state index is 0.234. The molecule has 0 unspecified atom stereocenters. The molecule has 2 bridgehead atoms. The van der Waals surface area contributed by atoms with Crippen molar-refractivity contribution < 1.29 is 9.90 Å². The largest absolute Gasteiger partial charge is 0.385 e. The maximum atomic E-state index is 12.7. The lowest BCUT2D eigenvalue weighted by molar-refractivity contribution is -0.149. The third-order valence-corrected chi connectivity index (χ3v) is 6.06. The molecule has 1 aromatic rings. The number of aliphatic hydroxyl groups is 1. The first-order valence-electron chi connectivity index (χ1n) is 8.68. The van der Waals surface area contributed by atoms with Gasteiger partial charge in [0.25, 0.3) is 0 Å². The van der Waals surface area contributed by atoms with E-state index in [-0.39, 0.29) is 18.0 Å². The molecule has 2 saturated heterocycles. The van der Waals surface area contributed by atoms with Crippen LogP contribution in [0.15, 0.2) is 24.3 Å². The number of piperidine rings is 1. The van der Waals surface area contributed by atoms with Crippen LogP contribution >= 0.6 is 0 Å². The Balaban J connectivity index is 1.56. The lowest BCUT2D eigenvalue weighted by Gasteiger charge is -2.46. The minimum atomic E-state index is -0.754. The van der Waals surface area contributed by atoms with E-state index in [9.17, 15) is 9.90 Å². The fraction of sp³-hybridized carbons (Fsp3) is 0.632. The summed E-state index contributed by atoms with van der Waals surface area (Å²) in [5.41, 5.74) is 1.48. The van der Waals surface area contributed by atoms with Crippen LogP contribution in [0.3, 0.4) is 0 Å². The van der Waals surface area contributed by atoms with Gasteiger partial charge in [0.1, 0.15) is 0 Å². The van der Waals surface area contributed by atoms with Crippen LogP contribution < -0.4 is 0 Å². The van der Waals surface area contributed by atoms with E-state index in [4.69, 9.17) is 0 Å². The molecule has 118 valence electrons. The van der Waals surface area contributed by atoms with E-state index in [0.29, 0.717) is 18.7 Å². The first kappa shape index (κ1) is 14.3. The van der Waals surface area contributed by atoms with Crippen molar-refractivity contribution in [1.82, 2.24) is 4.90 Å². The Labute approximate surface area is 132 Å². The van der Waals surface area contributed by atoms with Crippen molar-refractivity contribution >= 4 is 5.91 Å². The van der Waals surface area contributed by atoms with Crippen LogP contribution in [0.5, 0.6) is 0 Å². The zero-order chi connectivity index (χ0) is 15.3. The van der Waals surface area contributed by atoms with Crippen molar-refractivity contribution in [2.45, 2.75) is 69.6 Å². The molecule has 0 spiro atoms. The van der Waals surface area contributed by atoms with E-state index >= 15 is 0 Å². The van der Waals surface area contributed by atoms with E-state index in [1.807, 2.05) is 0 Å². The van der Waals surface area contributed by atoms with Crippen LogP contribution in [0.1, 0.15) is 56.1 Å². The smallest absolute Gasteiger partial charge is 0.226 e. The lowest BCUT2D eigenvalue weighted by Crippen LogP contribution is -2.54. The highest BCUT2D eigenvalue weighted by atomic mass is 16.3. The van der Waals surface area contributed by atoms with Gasteiger partial charge in [-0.2, -0.15) is 0 Å². The molecule has 0 aromatic heterocycles. The topological polar surface area (TPSA) is 40.5 Å². The van der Waals surface area contributed by atoms with Crippen molar-refractivity contribution in [1.29, 1.82) is 0 Å². The van der Waals surface area contributed by atoms with Crippen LogP contribution in [0.25, 0.3) is 0 Å². The number of aryl methyl sites for hydroxylation is 1. The van der Waals surface area contributed by atoms with E-state index in [1.165, 1.54) is 12.0 Å². The first-order valence-corrected chi connectivity index (χ1v) is 8.68. The average Bonchev–Trinajstić information content (AvgIpc) is 2.70. The zero-order valence-corrected chi connectivity index (χ0v) is 13.3. The Morgan fingerprint density at radius 3 is 2.18 bits per heavy atom. The summed E-state index contributed by atoms with van der Waals surface area (Å²) >= 11 is 0. The Kier molecular flexibility index (Phi) is 3.30. The molecule has 22 heavy (non-hydrogen) atoms. The summed E-state index contributed by atoms with van der Waals surface area (Å²) in [6.45, 7) is 2.07. The Hall–Kier alpha value is -1.35. The number of rotatable bonds is 2. The minimum Gasteiger partial charge on any atom is -0.385 e. The maximum Gasteiger partial charge on any atom is 0.226 e. The van der Waals surface area contributed by atoms with Crippen LogP contribution in [0.4, 0.5) is 0 Å². The molecule has 2 heterocycles. The summed E-state index contributed by atoms with van der Waals surface area (Å²) in [4.78, 5) is 14.8. The molecule has 1 aliphatic carbocycles. The normalized spacial score (nSPS) is 34.5. The van der Waals surface area contributed by atoms with E-state index in [2.05, 4.69) is 36.1 Å². The number of hydrogen-bond acceptors (Lipinski definition) is 2. The molecule has 3 aliphatic rings. The lowest BCUT2D eigenvalue weighted by atomic mass is 9.78. The van der Waals surface area contributed by atoms with Gasteiger partial charge in [0, 0.05) is 30.8 Å². The predicted molar refractivity (Wildman–Crippen MR) is 85.3 cm³/mol. The van der Waals surface area contributed by atoms with Gasteiger partial charge < -0.3 is 10.0 Å². The molecule has 1 aromatic carbocycles. The van der Waals surface area contributed by atoms with Crippen molar-refractivity contribution in [2.75, 3.05) is 0 Å². The Bertz CT molecular complexity index is 562. The number of benzene rings is 1. The van der Waals surface area contributed by atoms with Crippen LogP contribution in [-0.4, -0.2) is 28.0 Å². The molecule has 1 saturated carbocycles.